The number of carboxylic acids is 1. The molecule has 3 heteroatoms. The van der Waals surface area contributed by atoms with Gasteiger partial charge in [-0.1, -0.05) is 35.9 Å². The summed E-state index contributed by atoms with van der Waals surface area (Å²) >= 11 is 0. The summed E-state index contributed by atoms with van der Waals surface area (Å²) in [5, 5.41) is 9.14. The van der Waals surface area contributed by atoms with E-state index in [1.54, 1.807) is 7.11 Å². The van der Waals surface area contributed by atoms with Gasteiger partial charge in [-0.05, 0) is 48.2 Å². The van der Waals surface area contributed by atoms with E-state index in [0.717, 1.165) is 28.0 Å². The molecule has 0 atom stereocenters. The van der Waals surface area contributed by atoms with Gasteiger partial charge in [0.2, 0.25) is 0 Å². The molecule has 0 fully saturated rings. The highest BCUT2D eigenvalue weighted by molar-refractivity contribution is 5.95. The molecule has 0 saturated carbocycles. The number of aryl methyl sites for hydroxylation is 2. The molecule has 0 aromatic heterocycles. The van der Waals surface area contributed by atoms with Gasteiger partial charge in [-0.3, -0.25) is 0 Å². The summed E-state index contributed by atoms with van der Waals surface area (Å²) in [5.74, 6) is -0.169. The maximum atomic E-state index is 11.1. The highest BCUT2D eigenvalue weighted by atomic mass is 16.5. The van der Waals surface area contributed by atoms with Gasteiger partial charge in [-0.25, -0.2) is 4.79 Å². The molecule has 1 N–H and O–H groups in total. The van der Waals surface area contributed by atoms with Crippen molar-refractivity contribution >= 4 is 11.5 Å². The lowest BCUT2D eigenvalue weighted by Gasteiger charge is -2.11. The van der Waals surface area contributed by atoms with E-state index in [9.17, 15) is 4.79 Å². The summed E-state index contributed by atoms with van der Waals surface area (Å²) in [5.41, 5.74) is 4.51. The lowest BCUT2D eigenvalue weighted by molar-refractivity contribution is -0.131. The fourth-order valence-corrected chi connectivity index (χ4v) is 2.32. The van der Waals surface area contributed by atoms with Gasteiger partial charge in [0.1, 0.15) is 5.75 Å². The number of methoxy groups -OCH3 is 1. The van der Waals surface area contributed by atoms with Crippen LogP contribution in [0.15, 0.2) is 48.5 Å². The van der Waals surface area contributed by atoms with E-state index >= 15 is 0 Å². The van der Waals surface area contributed by atoms with Gasteiger partial charge >= 0.3 is 5.97 Å². The van der Waals surface area contributed by atoms with Crippen LogP contribution >= 0.6 is 0 Å². The number of benzene rings is 2. The normalized spacial score (nSPS) is 11.3. The third kappa shape index (κ3) is 3.51. The predicted octanol–water partition coefficient (Wildman–Crippen LogP) is 3.83. The van der Waals surface area contributed by atoms with Gasteiger partial charge in [0, 0.05) is 6.08 Å². The van der Waals surface area contributed by atoms with E-state index < -0.39 is 5.97 Å². The third-order valence-electron chi connectivity index (χ3n) is 3.30. The Morgan fingerprint density at radius 3 is 2.38 bits per heavy atom. The number of carboxylic acid groups (broad SMARTS) is 1. The van der Waals surface area contributed by atoms with E-state index in [1.165, 1.54) is 6.08 Å². The topological polar surface area (TPSA) is 46.5 Å². The summed E-state index contributed by atoms with van der Waals surface area (Å²) in [6.07, 6.45) is 1.25. The lowest BCUT2D eigenvalue weighted by atomic mass is 9.95. The van der Waals surface area contributed by atoms with Crippen molar-refractivity contribution in [2.45, 2.75) is 13.8 Å². The molecule has 0 aliphatic carbocycles. The summed E-state index contributed by atoms with van der Waals surface area (Å²) in [6.45, 7) is 3.93. The van der Waals surface area contributed by atoms with Gasteiger partial charge < -0.3 is 9.84 Å². The van der Waals surface area contributed by atoms with Crippen LogP contribution in [0.1, 0.15) is 22.3 Å². The van der Waals surface area contributed by atoms with Crippen molar-refractivity contribution in [3.63, 3.8) is 0 Å². The van der Waals surface area contributed by atoms with Crippen LogP contribution in [0.4, 0.5) is 0 Å². The Morgan fingerprint density at radius 1 is 1.10 bits per heavy atom. The van der Waals surface area contributed by atoms with E-state index in [1.807, 2.05) is 56.3 Å². The fraction of sp³-hybridized carbons (Fsp3) is 0.167. The van der Waals surface area contributed by atoms with Gasteiger partial charge in [-0.15, -0.1) is 0 Å². The smallest absolute Gasteiger partial charge is 0.328 e. The van der Waals surface area contributed by atoms with Crippen molar-refractivity contribution in [1.82, 2.24) is 0 Å². The van der Waals surface area contributed by atoms with Crippen molar-refractivity contribution in [3.05, 3.63) is 70.8 Å². The number of rotatable bonds is 4. The van der Waals surface area contributed by atoms with E-state index in [4.69, 9.17) is 9.84 Å². The summed E-state index contributed by atoms with van der Waals surface area (Å²) in [4.78, 5) is 11.1. The van der Waals surface area contributed by atoms with Crippen LogP contribution in [0.5, 0.6) is 5.75 Å². The van der Waals surface area contributed by atoms with Gasteiger partial charge in [0.05, 0.1) is 7.11 Å². The second-order valence-electron chi connectivity index (χ2n) is 4.95. The number of hydrogen-bond donors (Lipinski definition) is 1. The van der Waals surface area contributed by atoms with Crippen molar-refractivity contribution in [2.24, 2.45) is 0 Å². The van der Waals surface area contributed by atoms with Gasteiger partial charge in [-0.2, -0.15) is 0 Å². The van der Waals surface area contributed by atoms with Crippen LogP contribution in [-0.2, 0) is 4.79 Å². The fourth-order valence-electron chi connectivity index (χ4n) is 2.32. The molecule has 2 aromatic carbocycles. The summed E-state index contributed by atoms with van der Waals surface area (Å²) in [6, 6.07) is 13.5. The Balaban J connectivity index is 2.56. The third-order valence-corrected chi connectivity index (χ3v) is 3.30. The molecule has 0 amide bonds. The van der Waals surface area contributed by atoms with Gasteiger partial charge in [0.15, 0.2) is 0 Å². The summed E-state index contributed by atoms with van der Waals surface area (Å²) in [7, 11) is 1.62. The molecule has 0 aliphatic heterocycles. The van der Waals surface area contributed by atoms with E-state index in [0.29, 0.717) is 5.57 Å². The highest BCUT2D eigenvalue weighted by Crippen LogP contribution is 2.28. The van der Waals surface area contributed by atoms with E-state index in [-0.39, 0.29) is 0 Å². The molecule has 108 valence electrons. The average molecular weight is 282 g/mol. The molecule has 0 saturated heterocycles. The SMILES string of the molecule is COc1ccc(/C(=C/C(=O)O)c2cccc(C)c2)cc1C. The molecule has 0 spiro atoms. The number of hydrogen-bond acceptors (Lipinski definition) is 2. The Bertz CT molecular complexity index is 699. The minimum absolute atomic E-state index is 0.692. The predicted molar refractivity (Wildman–Crippen MR) is 83.6 cm³/mol. The average Bonchev–Trinajstić information content (AvgIpc) is 2.44. The molecule has 0 bridgehead atoms. The van der Waals surface area contributed by atoms with Crippen LogP contribution in [0.2, 0.25) is 0 Å². The Morgan fingerprint density at radius 2 is 1.81 bits per heavy atom. The molecule has 3 nitrogen and oxygen atoms in total. The Hall–Kier alpha value is -2.55. The lowest BCUT2D eigenvalue weighted by Crippen LogP contribution is -1.96. The first-order valence-electron chi connectivity index (χ1n) is 6.68. The van der Waals surface area contributed by atoms with Crippen LogP contribution in [0.25, 0.3) is 5.57 Å². The first-order chi connectivity index (χ1) is 10.0. The maximum Gasteiger partial charge on any atom is 0.328 e. The molecule has 0 aliphatic rings. The van der Waals surface area contributed by atoms with Crippen molar-refractivity contribution < 1.29 is 14.6 Å². The summed E-state index contributed by atoms with van der Waals surface area (Å²) < 4.78 is 5.25. The number of ether oxygens (including phenoxy) is 1. The van der Waals surface area contributed by atoms with E-state index in [2.05, 4.69) is 0 Å². The zero-order valence-electron chi connectivity index (χ0n) is 12.4. The van der Waals surface area contributed by atoms with Crippen LogP contribution in [0.3, 0.4) is 0 Å². The second kappa shape index (κ2) is 6.27. The molecule has 2 rings (SSSR count). The van der Waals surface area contributed by atoms with Gasteiger partial charge in [0.25, 0.3) is 0 Å². The van der Waals surface area contributed by atoms with Crippen LogP contribution in [-0.4, -0.2) is 18.2 Å². The molecular formula is C18H18O3. The molecule has 0 radical (unpaired) electrons. The molecule has 21 heavy (non-hydrogen) atoms. The molecular weight excluding hydrogens is 264 g/mol. The van der Waals surface area contributed by atoms with Crippen LogP contribution < -0.4 is 4.74 Å². The Kier molecular flexibility index (Phi) is 4.43. The van der Waals surface area contributed by atoms with Crippen LogP contribution in [0, 0.1) is 13.8 Å². The molecule has 0 heterocycles. The largest absolute Gasteiger partial charge is 0.496 e. The second-order valence-corrected chi connectivity index (χ2v) is 4.95. The zero-order chi connectivity index (χ0) is 15.4. The highest BCUT2D eigenvalue weighted by Gasteiger charge is 2.09. The van der Waals surface area contributed by atoms with Crippen molar-refractivity contribution in [3.8, 4) is 5.75 Å². The standard InChI is InChI=1S/C18H18O3/c1-12-5-4-6-14(9-12)16(11-18(19)20)15-7-8-17(21-3)13(2)10-15/h4-11H,1-3H3,(H,19,20)/b16-11+. The maximum absolute atomic E-state index is 11.1. The number of carbonyl (C=O) groups is 1. The van der Waals surface area contributed by atoms with Crippen molar-refractivity contribution in [2.75, 3.05) is 7.11 Å². The van der Waals surface area contributed by atoms with Crippen molar-refractivity contribution in [1.29, 1.82) is 0 Å². The molecule has 2 aromatic rings. The Labute approximate surface area is 124 Å². The monoisotopic (exact) mass is 282 g/mol. The first kappa shape index (κ1) is 14.9. The number of aliphatic carboxylic acids is 1. The quantitative estimate of drug-likeness (QED) is 0.867. The first-order valence-corrected chi connectivity index (χ1v) is 6.68. The zero-order valence-corrected chi connectivity index (χ0v) is 12.4. The minimum Gasteiger partial charge on any atom is -0.496 e. The minimum atomic E-state index is -0.958. The molecule has 0 unspecified atom stereocenters.